The molecule has 29 heavy (non-hydrogen) atoms. The number of thiazole rings is 1. The van der Waals surface area contributed by atoms with E-state index in [4.69, 9.17) is 0 Å². The zero-order chi connectivity index (χ0) is 21.9. The summed E-state index contributed by atoms with van der Waals surface area (Å²) >= 11 is 1.33. The molecule has 0 saturated carbocycles. The zero-order valence-corrected chi connectivity index (χ0v) is 19.7. The molecule has 2 aromatic rings. The summed E-state index contributed by atoms with van der Waals surface area (Å²) in [5.74, 6) is -0.247. The van der Waals surface area contributed by atoms with Crippen molar-refractivity contribution >= 4 is 28.1 Å². The van der Waals surface area contributed by atoms with Gasteiger partial charge < -0.3 is 5.11 Å². The molecule has 0 fully saturated rings. The van der Waals surface area contributed by atoms with E-state index in [-0.39, 0.29) is 30.0 Å². The minimum absolute atomic E-state index is 0.105. The maximum atomic E-state index is 14.1. The van der Waals surface area contributed by atoms with Crippen LogP contribution in [0.1, 0.15) is 74.9 Å². The third-order valence-electron chi connectivity index (χ3n) is 4.51. The van der Waals surface area contributed by atoms with Gasteiger partial charge in [-0.3, -0.25) is 9.52 Å². The lowest BCUT2D eigenvalue weighted by Crippen LogP contribution is -2.28. The van der Waals surface area contributed by atoms with Crippen LogP contribution in [0, 0.1) is 5.82 Å². The minimum Gasteiger partial charge on any atom is -0.385 e. The topological polar surface area (TPSA) is 74.6 Å². The van der Waals surface area contributed by atoms with Gasteiger partial charge in [-0.25, -0.2) is 13.7 Å². The lowest BCUT2D eigenvalue weighted by molar-refractivity contribution is -0.118. The molecular formula is C21H30FN3O2S2. The Balaban J connectivity index is 2.29. The molecule has 0 aliphatic rings. The van der Waals surface area contributed by atoms with E-state index >= 15 is 0 Å². The van der Waals surface area contributed by atoms with Crippen molar-refractivity contribution in [1.82, 2.24) is 9.71 Å². The maximum absolute atomic E-state index is 14.1. The largest absolute Gasteiger partial charge is 0.385 e. The van der Waals surface area contributed by atoms with Crippen LogP contribution in [-0.4, -0.2) is 23.0 Å². The van der Waals surface area contributed by atoms with Gasteiger partial charge >= 0.3 is 0 Å². The number of amides is 1. The van der Waals surface area contributed by atoms with E-state index in [9.17, 15) is 14.3 Å². The lowest BCUT2D eigenvalue weighted by Gasteiger charge is -2.20. The second-order valence-electron chi connectivity index (χ2n) is 8.09. The highest BCUT2D eigenvalue weighted by molar-refractivity contribution is 7.88. The number of rotatable bonds is 7. The first-order valence-electron chi connectivity index (χ1n) is 9.58. The Morgan fingerprint density at radius 3 is 2.24 bits per heavy atom. The molecule has 1 aromatic carbocycles. The second kappa shape index (κ2) is 9.45. The summed E-state index contributed by atoms with van der Waals surface area (Å²) < 4.78 is 22.0. The van der Waals surface area contributed by atoms with Crippen LogP contribution in [0.2, 0.25) is 0 Å². The fourth-order valence-electron chi connectivity index (χ4n) is 3.02. The van der Waals surface area contributed by atoms with Crippen molar-refractivity contribution in [1.29, 1.82) is 0 Å². The van der Waals surface area contributed by atoms with Gasteiger partial charge in [-0.05, 0) is 54.5 Å². The van der Waals surface area contributed by atoms with Crippen LogP contribution < -0.4 is 4.72 Å². The first kappa shape index (κ1) is 23.6. The Morgan fingerprint density at radius 1 is 1.28 bits per heavy atom. The van der Waals surface area contributed by atoms with Crippen LogP contribution in [0.25, 0.3) is 0 Å². The van der Waals surface area contributed by atoms with Crippen molar-refractivity contribution in [3.63, 3.8) is 0 Å². The van der Waals surface area contributed by atoms with Gasteiger partial charge in [-0.1, -0.05) is 27.7 Å². The highest BCUT2D eigenvalue weighted by atomic mass is 32.2. The number of nitrogens with one attached hydrogen (secondary N) is 1. The van der Waals surface area contributed by atoms with Crippen LogP contribution in [0.5, 0.6) is 0 Å². The number of aromatic nitrogens is 1. The summed E-state index contributed by atoms with van der Waals surface area (Å²) in [5, 5.41) is 10.1. The van der Waals surface area contributed by atoms with Crippen molar-refractivity contribution in [2.45, 2.75) is 69.7 Å². The molecule has 0 saturated heterocycles. The van der Waals surface area contributed by atoms with Crippen LogP contribution >= 0.6 is 11.3 Å². The number of hydrogen-bond acceptors (Lipinski definition) is 5. The fourth-order valence-corrected chi connectivity index (χ4v) is 5.37. The number of carbonyl (C=O) groups is 1. The normalized spacial score (nSPS) is 13.3. The molecule has 1 aromatic heterocycles. The number of benzene rings is 1. The summed E-state index contributed by atoms with van der Waals surface area (Å²) in [6, 6.07) is 3.05. The molecule has 2 rings (SSSR count). The molecule has 0 aliphatic carbocycles. The smallest absolute Gasteiger partial charge is 0.235 e. The molecule has 5 nitrogen and oxygen atoms in total. The summed E-state index contributed by atoms with van der Waals surface area (Å²) in [6.45, 7) is 11.4. The summed E-state index contributed by atoms with van der Waals surface area (Å²) in [5.41, 5.74) is 1.60. The van der Waals surface area contributed by atoms with E-state index in [2.05, 4.69) is 14.1 Å². The van der Waals surface area contributed by atoms with Crippen LogP contribution in [0.3, 0.4) is 0 Å². The Hall–Kier alpha value is -1.64. The van der Waals surface area contributed by atoms with Gasteiger partial charge in [-0.15, -0.1) is 11.3 Å². The average Bonchev–Trinajstić information content (AvgIpc) is 3.10. The van der Waals surface area contributed by atoms with Gasteiger partial charge in [0.1, 0.15) is 5.82 Å². The molecule has 0 aliphatic heterocycles. The van der Waals surface area contributed by atoms with Gasteiger partial charge in [0.25, 0.3) is 0 Å². The summed E-state index contributed by atoms with van der Waals surface area (Å²) in [6.07, 6.45) is 1.77. The number of aliphatic hydroxyl groups is 1. The average molecular weight is 440 g/mol. The molecule has 8 heteroatoms. The second-order valence-corrected chi connectivity index (χ2v) is 10.9. The standard InChI is InChI=1S/C21H30FN3O2S2/c1-12(2)15-8-14(22)9-16(13(3)4)17(15)10-19(26)25-29(23-7)20-24-11-18(28-20)21(5,6)27/h8-9,11-13,27H,10H2,1-7H3,(H,23,25,26). The summed E-state index contributed by atoms with van der Waals surface area (Å²) in [7, 11) is 0.727. The Kier molecular flexibility index (Phi) is 7.70. The Morgan fingerprint density at radius 2 is 1.83 bits per heavy atom. The predicted octanol–water partition coefficient (Wildman–Crippen LogP) is 4.82. The summed E-state index contributed by atoms with van der Waals surface area (Å²) in [4.78, 5) is 17.9. The minimum atomic E-state index is -0.991. The van der Waals surface area contributed by atoms with Gasteiger partial charge in [-0.2, -0.15) is 0 Å². The maximum Gasteiger partial charge on any atom is 0.235 e. The molecule has 1 unspecified atom stereocenters. The van der Waals surface area contributed by atoms with E-state index in [0.717, 1.165) is 16.7 Å². The van der Waals surface area contributed by atoms with Crippen molar-refractivity contribution in [2.24, 2.45) is 4.36 Å². The first-order chi connectivity index (χ1) is 13.4. The molecule has 1 heterocycles. The van der Waals surface area contributed by atoms with E-state index in [0.29, 0.717) is 9.22 Å². The van der Waals surface area contributed by atoms with Gasteiger partial charge in [0.2, 0.25) is 5.91 Å². The quantitative estimate of drug-likeness (QED) is 0.649. The highest BCUT2D eigenvalue weighted by Gasteiger charge is 2.22. The zero-order valence-electron chi connectivity index (χ0n) is 18.0. The molecule has 0 bridgehead atoms. The number of carbonyl (C=O) groups excluding carboxylic acids is 1. The molecule has 0 spiro atoms. The van der Waals surface area contributed by atoms with Crippen molar-refractivity contribution < 1.29 is 14.3 Å². The molecule has 1 amide bonds. The Bertz CT molecular complexity index is 886. The van der Waals surface area contributed by atoms with E-state index < -0.39 is 16.5 Å². The van der Waals surface area contributed by atoms with Crippen molar-refractivity contribution in [3.05, 3.63) is 45.7 Å². The molecule has 0 radical (unpaired) electrons. The van der Waals surface area contributed by atoms with Crippen LogP contribution in [0.4, 0.5) is 4.39 Å². The number of nitrogens with zero attached hydrogens (tertiary/aromatic N) is 2. The molecule has 1 atom stereocenters. The van der Waals surface area contributed by atoms with Crippen LogP contribution in [-0.2, 0) is 27.7 Å². The van der Waals surface area contributed by atoms with E-state index in [1.807, 2.05) is 27.7 Å². The van der Waals surface area contributed by atoms with Crippen molar-refractivity contribution in [2.75, 3.05) is 7.05 Å². The first-order valence-corrected chi connectivity index (χ1v) is 11.6. The third kappa shape index (κ3) is 5.93. The van der Waals surface area contributed by atoms with Crippen molar-refractivity contribution in [3.8, 4) is 0 Å². The SMILES string of the molecule is C/N=S(/NC(=O)Cc1c(C(C)C)cc(F)cc1C(C)C)c1ncc(C(C)(C)O)s1. The van der Waals surface area contributed by atoms with Crippen LogP contribution in [0.15, 0.2) is 27.0 Å². The van der Waals surface area contributed by atoms with E-state index in [1.54, 1.807) is 27.1 Å². The number of hydrogen-bond donors (Lipinski definition) is 2. The van der Waals surface area contributed by atoms with Gasteiger partial charge in [0, 0.05) is 13.2 Å². The molecule has 2 N–H and O–H groups in total. The highest BCUT2D eigenvalue weighted by Crippen LogP contribution is 2.30. The van der Waals surface area contributed by atoms with Gasteiger partial charge in [0.15, 0.2) is 4.34 Å². The van der Waals surface area contributed by atoms with Gasteiger partial charge in [0.05, 0.1) is 27.8 Å². The van der Waals surface area contributed by atoms with E-state index in [1.165, 1.54) is 23.5 Å². The molecule has 160 valence electrons. The third-order valence-corrected chi connectivity index (χ3v) is 7.56. The lowest BCUT2D eigenvalue weighted by atomic mass is 9.87. The fraction of sp³-hybridized carbons (Fsp3) is 0.524. The Labute approximate surface area is 179 Å². The predicted molar refractivity (Wildman–Crippen MR) is 118 cm³/mol. The monoisotopic (exact) mass is 439 g/mol. The molecular weight excluding hydrogens is 409 g/mol. The number of halogens is 1.